The van der Waals surface area contributed by atoms with Gasteiger partial charge in [-0.25, -0.2) is 12.8 Å². The van der Waals surface area contributed by atoms with E-state index < -0.39 is 38.0 Å². The van der Waals surface area contributed by atoms with Gasteiger partial charge in [-0.05, 0) is 59.9 Å². The summed E-state index contributed by atoms with van der Waals surface area (Å²) in [6.07, 6.45) is 1.90. The molecule has 0 saturated heterocycles. The molecule has 3 aromatic carbocycles. The maximum Gasteiger partial charge on any atom is 0.277 e. The molecule has 0 spiro atoms. The number of unbranched alkanes of at least 4 members (excludes halogenated alkanes) is 1. The number of aromatic nitrogens is 2. The van der Waals surface area contributed by atoms with Crippen LogP contribution in [-0.4, -0.2) is 36.0 Å². The van der Waals surface area contributed by atoms with Crippen LogP contribution in [0.5, 0.6) is 5.88 Å². The number of aromatic hydroxyl groups is 1. The molecule has 0 aliphatic heterocycles. The number of rotatable bonds is 10. The lowest BCUT2D eigenvalue weighted by molar-refractivity contribution is 0.0963. The summed E-state index contributed by atoms with van der Waals surface area (Å²) in [5, 5.41) is 22.6. The van der Waals surface area contributed by atoms with Crippen LogP contribution in [0, 0.1) is 17.1 Å². The highest BCUT2D eigenvalue weighted by atomic mass is 32.2. The second-order valence-electron chi connectivity index (χ2n) is 9.89. The van der Waals surface area contributed by atoms with E-state index in [4.69, 9.17) is 5.26 Å². The molecule has 0 aliphatic rings. The molecule has 11 heteroatoms. The lowest BCUT2D eigenvalue weighted by atomic mass is 9.99. The van der Waals surface area contributed by atoms with Crippen molar-refractivity contribution in [1.29, 1.82) is 5.26 Å². The Kier molecular flexibility index (Phi) is 9.41. The van der Waals surface area contributed by atoms with Crippen LogP contribution in [0.15, 0.2) is 81.3 Å². The smallest absolute Gasteiger partial charge is 0.277 e. The number of sulfone groups is 1. The average Bonchev–Trinajstić information content (AvgIpc) is 3.01. The van der Waals surface area contributed by atoms with E-state index in [1.165, 1.54) is 48.0 Å². The highest BCUT2D eigenvalue weighted by Crippen LogP contribution is 2.31. The lowest BCUT2D eigenvalue weighted by Gasteiger charge is -2.23. The number of halogens is 1. The first-order chi connectivity index (χ1) is 20.6. The zero-order chi connectivity index (χ0) is 31.3. The topological polar surface area (TPSA) is 142 Å². The van der Waals surface area contributed by atoms with Crippen molar-refractivity contribution < 1.29 is 22.7 Å². The van der Waals surface area contributed by atoms with Crippen LogP contribution in [0.2, 0.25) is 0 Å². The Labute approximate surface area is 249 Å². The van der Waals surface area contributed by atoms with Gasteiger partial charge in [-0.1, -0.05) is 56.7 Å². The number of carbonyl (C=O) groups excluding carboxylic acids is 1. The first-order valence-electron chi connectivity index (χ1n) is 13.8. The van der Waals surface area contributed by atoms with E-state index in [-0.39, 0.29) is 35.0 Å². The van der Waals surface area contributed by atoms with Crippen LogP contribution in [0.1, 0.15) is 66.5 Å². The number of benzene rings is 3. The van der Waals surface area contributed by atoms with Crippen molar-refractivity contribution in [2.24, 2.45) is 0 Å². The fourth-order valence-electron chi connectivity index (χ4n) is 5.01. The van der Waals surface area contributed by atoms with Crippen molar-refractivity contribution >= 4 is 15.7 Å². The molecule has 4 aromatic rings. The fraction of sp³-hybridized carbons (Fsp3) is 0.250. The van der Waals surface area contributed by atoms with Gasteiger partial charge in [-0.2, -0.15) is 10.2 Å². The Morgan fingerprint density at radius 3 is 2.42 bits per heavy atom. The molecular formula is C32H31FN4O5S. The van der Waals surface area contributed by atoms with Gasteiger partial charge in [0.15, 0.2) is 4.90 Å². The third-order valence-corrected chi connectivity index (χ3v) is 9.01. The minimum absolute atomic E-state index is 0.161. The normalized spacial score (nSPS) is 12.0. The molecule has 1 amide bonds. The summed E-state index contributed by atoms with van der Waals surface area (Å²) >= 11 is 0. The zero-order valence-corrected chi connectivity index (χ0v) is 24.8. The minimum Gasteiger partial charge on any atom is -0.492 e. The number of aryl methyl sites for hydroxylation is 1. The van der Waals surface area contributed by atoms with Crippen molar-refractivity contribution in [2.75, 3.05) is 7.05 Å². The quantitative estimate of drug-likeness (QED) is 0.255. The predicted octanol–water partition coefficient (Wildman–Crippen LogP) is 5.16. The number of nitrogens with zero attached hydrogens (tertiary/aromatic N) is 3. The molecule has 4 rings (SSSR count). The second-order valence-corrected chi connectivity index (χ2v) is 11.8. The van der Waals surface area contributed by atoms with E-state index in [0.717, 1.165) is 12.5 Å². The average molecular weight is 603 g/mol. The molecule has 1 aromatic heterocycles. The van der Waals surface area contributed by atoms with Crippen LogP contribution in [-0.2, 0) is 16.3 Å². The Bertz CT molecular complexity index is 1880. The van der Waals surface area contributed by atoms with Gasteiger partial charge in [0.2, 0.25) is 15.7 Å². The number of hydrogen-bond donors (Lipinski definition) is 2. The van der Waals surface area contributed by atoms with Crippen LogP contribution in [0.25, 0.3) is 11.1 Å². The summed E-state index contributed by atoms with van der Waals surface area (Å²) in [5.41, 5.74) is 0.765. The van der Waals surface area contributed by atoms with Crippen LogP contribution >= 0.6 is 0 Å². The molecule has 0 fully saturated rings. The van der Waals surface area contributed by atoms with Gasteiger partial charge in [0.1, 0.15) is 17.7 Å². The van der Waals surface area contributed by atoms with E-state index in [1.807, 2.05) is 6.92 Å². The molecule has 0 aliphatic carbocycles. The molecule has 43 heavy (non-hydrogen) atoms. The number of amides is 1. The second kappa shape index (κ2) is 13.0. The van der Waals surface area contributed by atoms with Crippen molar-refractivity contribution in [1.82, 2.24) is 14.9 Å². The number of nitriles is 1. The van der Waals surface area contributed by atoms with Gasteiger partial charge < -0.3 is 10.4 Å². The van der Waals surface area contributed by atoms with Crippen molar-refractivity contribution in [3.63, 3.8) is 0 Å². The van der Waals surface area contributed by atoms with E-state index in [1.54, 1.807) is 37.3 Å². The van der Waals surface area contributed by atoms with Gasteiger partial charge in [0.05, 0.1) is 16.5 Å². The predicted molar refractivity (Wildman–Crippen MR) is 159 cm³/mol. The summed E-state index contributed by atoms with van der Waals surface area (Å²) in [6.45, 7) is 3.69. The lowest BCUT2D eigenvalue weighted by Crippen LogP contribution is -2.33. The Morgan fingerprint density at radius 2 is 1.81 bits per heavy atom. The summed E-state index contributed by atoms with van der Waals surface area (Å²) < 4.78 is 43.5. The fourth-order valence-corrected chi connectivity index (χ4v) is 6.36. The third kappa shape index (κ3) is 6.05. The van der Waals surface area contributed by atoms with Crippen LogP contribution in [0.3, 0.4) is 0 Å². The first kappa shape index (κ1) is 31.1. The molecule has 0 bridgehead atoms. The molecule has 0 saturated carbocycles. The number of nitrogens with one attached hydrogen (secondary N) is 1. The molecule has 9 nitrogen and oxygen atoms in total. The SMILES string of the molecule is CCCCc1nc(O)c(S(=O)(=O)c2ccc(-c3ccccc3C(=O)NC)cc2)c(=O)n1[C@@H](CC)c1ccc(C#N)c(F)c1. The molecule has 222 valence electrons. The van der Waals surface area contributed by atoms with E-state index in [2.05, 4.69) is 10.3 Å². The van der Waals surface area contributed by atoms with Crippen molar-refractivity contribution in [2.45, 2.75) is 55.4 Å². The van der Waals surface area contributed by atoms with Gasteiger partial charge in [-0.3, -0.25) is 14.2 Å². The summed E-state index contributed by atoms with van der Waals surface area (Å²) in [7, 11) is -3.06. The molecule has 0 radical (unpaired) electrons. The summed E-state index contributed by atoms with van der Waals surface area (Å²) in [5.74, 6) is -1.82. The van der Waals surface area contributed by atoms with Gasteiger partial charge in [0.25, 0.3) is 11.5 Å². The maximum atomic E-state index is 14.6. The first-order valence-corrected chi connectivity index (χ1v) is 15.3. The molecule has 2 N–H and O–H groups in total. The standard InChI is InChI=1S/C32H31FN4O5S/c1-4-6-11-28-36-31(39)29(32(40)37(28)27(5-2)21-12-13-22(19-34)26(33)18-21)43(41,42)23-16-14-20(15-17-23)24-9-7-8-10-25(24)30(38)35-3/h7-10,12-18,27,39H,4-6,11H2,1-3H3,(H,35,38)/t27-/m0/s1. The highest BCUT2D eigenvalue weighted by molar-refractivity contribution is 7.91. The zero-order valence-electron chi connectivity index (χ0n) is 24.0. The van der Waals surface area contributed by atoms with Gasteiger partial charge in [0, 0.05) is 19.0 Å². The third-order valence-electron chi connectivity index (χ3n) is 7.22. The van der Waals surface area contributed by atoms with Gasteiger partial charge in [-0.15, -0.1) is 0 Å². The number of hydrogen-bond acceptors (Lipinski definition) is 7. The Morgan fingerprint density at radius 1 is 1.12 bits per heavy atom. The van der Waals surface area contributed by atoms with E-state index in [9.17, 15) is 27.5 Å². The van der Waals surface area contributed by atoms with Gasteiger partial charge >= 0.3 is 0 Å². The largest absolute Gasteiger partial charge is 0.492 e. The molecule has 1 heterocycles. The van der Waals surface area contributed by atoms with E-state index in [0.29, 0.717) is 28.7 Å². The molecular weight excluding hydrogens is 571 g/mol. The number of carbonyl (C=O) groups is 1. The maximum absolute atomic E-state index is 14.6. The van der Waals surface area contributed by atoms with Crippen molar-refractivity contribution in [3.8, 4) is 23.1 Å². The monoisotopic (exact) mass is 602 g/mol. The Balaban J connectivity index is 1.86. The summed E-state index contributed by atoms with van der Waals surface area (Å²) in [4.78, 5) is 29.4. The molecule has 0 unspecified atom stereocenters. The Hall–Kier alpha value is -4.82. The van der Waals surface area contributed by atoms with Crippen LogP contribution < -0.4 is 10.9 Å². The van der Waals surface area contributed by atoms with Crippen molar-refractivity contribution in [3.05, 3.63) is 105 Å². The van der Waals surface area contributed by atoms with Crippen LogP contribution in [0.4, 0.5) is 4.39 Å². The minimum atomic E-state index is -4.58. The summed E-state index contributed by atoms with van der Waals surface area (Å²) in [6, 6.07) is 17.4. The molecule has 1 atom stereocenters. The highest BCUT2D eigenvalue weighted by Gasteiger charge is 2.32. The van der Waals surface area contributed by atoms with E-state index >= 15 is 0 Å².